The third-order valence-electron chi connectivity index (χ3n) is 3.70. The number of methoxy groups -OCH3 is 1. The first-order valence-electron chi connectivity index (χ1n) is 6.85. The molecule has 1 heterocycles. The fraction of sp³-hybridized carbons (Fsp3) is 0.533. The Morgan fingerprint density at radius 3 is 3.05 bits per heavy atom. The molecule has 20 heavy (non-hydrogen) atoms. The van der Waals surface area contributed by atoms with Gasteiger partial charge in [0.2, 0.25) is 0 Å². The first-order valence-corrected chi connectivity index (χ1v) is 6.85. The highest BCUT2D eigenvalue weighted by Gasteiger charge is 2.22. The third-order valence-corrected chi connectivity index (χ3v) is 3.70. The van der Waals surface area contributed by atoms with Crippen LogP contribution < -0.4 is 4.74 Å². The molecule has 0 aliphatic carbocycles. The molecule has 0 radical (unpaired) electrons. The van der Waals surface area contributed by atoms with Crippen molar-refractivity contribution < 1.29 is 19.0 Å². The summed E-state index contributed by atoms with van der Waals surface area (Å²) in [6.45, 7) is 2.25. The van der Waals surface area contributed by atoms with Gasteiger partial charge in [0, 0.05) is 25.1 Å². The molecule has 1 fully saturated rings. The highest BCUT2D eigenvalue weighted by atomic mass is 19.1. The van der Waals surface area contributed by atoms with Crippen LogP contribution in [0.5, 0.6) is 5.75 Å². The fourth-order valence-corrected chi connectivity index (χ4v) is 2.82. The SMILES string of the molecule is COc1ccc(F)cc1CN1CCCC(CC(=O)O)C1. The van der Waals surface area contributed by atoms with Gasteiger partial charge in [0.05, 0.1) is 7.11 Å². The van der Waals surface area contributed by atoms with Crippen LogP contribution in [0, 0.1) is 11.7 Å². The van der Waals surface area contributed by atoms with Gasteiger partial charge in [0.25, 0.3) is 0 Å². The Kier molecular flexibility index (Phi) is 4.95. The van der Waals surface area contributed by atoms with Gasteiger partial charge in [0.15, 0.2) is 0 Å². The van der Waals surface area contributed by atoms with Crippen LogP contribution in [0.25, 0.3) is 0 Å². The molecule has 1 saturated heterocycles. The summed E-state index contributed by atoms with van der Waals surface area (Å²) in [4.78, 5) is 13.0. The molecule has 0 saturated carbocycles. The average molecular weight is 281 g/mol. The third kappa shape index (κ3) is 3.93. The van der Waals surface area contributed by atoms with Crippen LogP contribution in [0.4, 0.5) is 4.39 Å². The molecule has 1 atom stereocenters. The molecular formula is C15H20FNO3. The molecule has 1 aliphatic heterocycles. The number of carboxylic acid groups (broad SMARTS) is 1. The van der Waals surface area contributed by atoms with E-state index in [2.05, 4.69) is 4.90 Å². The molecule has 0 spiro atoms. The van der Waals surface area contributed by atoms with E-state index in [1.807, 2.05) is 0 Å². The van der Waals surface area contributed by atoms with Crippen molar-refractivity contribution in [2.24, 2.45) is 5.92 Å². The summed E-state index contributed by atoms with van der Waals surface area (Å²) in [5.74, 6) is -0.173. The molecule has 1 aromatic carbocycles. The topological polar surface area (TPSA) is 49.8 Å². The minimum absolute atomic E-state index is 0.181. The Hall–Kier alpha value is -1.62. The number of likely N-dealkylation sites (tertiary alicyclic amines) is 1. The van der Waals surface area contributed by atoms with E-state index in [1.165, 1.54) is 12.1 Å². The lowest BCUT2D eigenvalue weighted by Crippen LogP contribution is -2.35. The zero-order valence-electron chi connectivity index (χ0n) is 11.6. The number of rotatable bonds is 5. The maximum Gasteiger partial charge on any atom is 0.303 e. The zero-order chi connectivity index (χ0) is 14.5. The maximum absolute atomic E-state index is 13.3. The van der Waals surface area contributed by atoms with Crippen molar-refractivity contribution >= 4 is 5.97 Å². The van der Waals surface area contributed by atoms with Gasteiger partial charge in [-0.2, -0.15) is 0 Å². The second-order valence-electron chi connectivity index (χ2n) is 5.30. The first-order chi connectivity index (χ1) is 9.58. The molecule has 1 N–H and O–H groups in total. The van der Waals surface area contributed by atoms with Crippen molar-refractivity contribution in [1.29, 1.82) is 0 Å². The summed E-state index contributed by atoms with van der Waals surface area (Å²) in [5, 5.41) is 8.87. The van der Waals surface area contributed by atoms with Crippen molar-refractivity contribution in [3.8, 4) is 5.75 Å². The van der Waals surface area contributed by atoms with Gasteiger partial charge in [-0.1, -0.05) is 0 Å². The minimum Gasteiger partial charge on any atom is -0.496 e. The van der Waals surface area contributed by atoms with Gasteiger partial charge >= 0.3 is 5.97 Å². The van der Waals surface area contributed by atoms with Crippen LogP contribution in [0.1, 0.15) is 24.8 Å². The molecule has 0 aromatic heterocycles. The van der Waals surface area contributed by atoms with Crippen LogP contribution in [0.2, 0.25) is 0 Å². The Morgan fingerprint density at radius 2 is 2.35 bits per heavy atom. The molecule has 5 heteroatoms. The minimum atomic E-state index is -0.750. The van der Waals surface area contributed by atoms with Gasteiger partial charge in [-0.3, -0.25) is 9.69 Å². The monoisotopic (exact) mass is 281 g/mol. The van der Waals surface area contributed by atoms with E-state index >= 15 is 0 Å². The number of carbonyl (C=O) groups is 1. The maximum atomic E-state index is 13.3. The lowest BCUT2D eigenvalue weighted by Gasteiger charge is -2.32. The van der Waals surface area contributed by atoms with Crippen molar-refractivity contribution in [3.63, 3.8) is 0 Å². The highest BCUT2D eigenvalue weighted by molar-refractivity contribution is 5.67. The standard InChI is InChI=1S/C15H20FNO3/c1-20-14-5-4-13(16)8-12(14)10-17-6-2-3-11(9-17)7-15(18)19/h4-5,8,11H,2-3,6-7,9-10H2,1H3,(H,18,19). The van der Waals surface area contributed by atoms with Crippen LogP contribution in [-0.2, 0) is 11.3 Å². The predicted octanol–water partition coefficient (Wildman–Crippen LogP) is 2.52. The van der Waals surface area contributed by atoms with Crippen LogP contribution in [0.15, 0.2) is 18.2 Å². The second kappa shape index (κ2) is 6.70. The molecule has 2 rings (SSSR count). The van der Waals surface area contributed by atoms with Crippen molar-refractivity contribution in [2.45, 2.75) is 25.8 Å². The molecule has 0 amide bonds. The quantitative estimate of drug-likeness (QED) is 0.901. The number of benzene rings is 1. The lowest BCUT2D eigenvalue weighted by molar-refractivity contribution is -0.138. The van der Waals surface area contributed by atoms with Gasteiger partial charge in [-0.05, 0) is 43.5 Å². The van der Waals surface area contributed by atoms with Gasteiger partial charge in [-0.15, -0.1) is 0 Å². The summed E-state index contributed by atoms with van der Waals surface area (Å²) in [6.07, 6.45) is 2.13. The van der Waals surface area contributed by atoms with E-state index in [-0.39, 0.29) is 18.2 Å². The Bertz CT molecular complexity index is 478. The second-order valence-corrected chi connectivity index (χ2v) is 5.30. The summed E-state index contributed by atoms with van der Waals surface area (Å²) in [5.41, 5.74) is 0.809. The number of hydrogen-bond donors (Lipinski definition) is 1. The van der Waals surface area contributed by atoms with E-state index < -0.39 is 5.97 Å². The molecule has 4 nitrogen and oxygen atoms in total. The van der Waals surface area contributed by atoms with E-state index in [0.717, 1.165) is 31.5 Å². The predicted molar refractivity (Wildman–Crippen MR) is 73.2 cm³/mol. The van der Waals surface area contributed by atoms with Gasteiger partial charge in [0.1, 0.15) is 11.6 Å². The van der Waals surface area contributed by atoms with Crippen molar-refractivity contribution in [1.82, 2.24) is 4.90 Å². The normalized spacial score (nSPS) is 19.8. The number of hydrogen-bond acceptors (Lipinski definition) is 3. The summed E-state index contributed by atoms with van der Waals surface area (Å²) < 4.78 is 18.6. The van der Waals surface area contributed by atoms with Gasteiger partial charge < -0.3 is 9.84 Å². The molecule has 110 valence electrons. The van der Waals surface area contributed by atoms with E-state index in [0.29, 0.717) is 12.3 Å². The van der Waals surface area contributed by atoms with E-state index in [4.69, 9.17) is 9.84 Å². The zero-order valence-corrected chi connectivity index (χ0v) is 11.6. The first kappa shape index (κ1) is 14.8. The number of carboxylic acids is 1. The smallest absolute Gasteiger partial charge is 0.303 e. The summed E-state index contributed by atoms with van der Waals surface area (Å²) in [7, 11) is 1.57. The van der Waals surface area contributed by atoms with E-state index in [1.54, 1.807) is 13.2 Å². The molecule has 1 aliphatic rings. The number of ether oxygens (including phenoxy) is 1. The molecule has 0 bridgehead atoms. The molecule has 1 aromatic rings. The van der Waals surface area contributed by atoms with Crippen LogP contribution in [0.3, 0.4) is 0 Å². The number of piperidine rings is 1. The molecule has 1 unspecified atom stereocenters. The average Bonchev–Trinajstić information content (AvgIpc) is 2.38. The van der Waals surface area contributed by atoms with Crippen molar-refractivity contribution in [3.05, 3.63) is 29.6 Å². The lowest BCUT2D eigenvalue weighted by atomic mass is 9.94. The fourth-order valence-electron chi connectivity index (χ4n) is 2.82. The highest BCUT2D eigenvalue weighted by Crippen LogP contribution is 2.25. The summed E-state index contributed by atoms with van der Waals surface area (Å²) in [6, 6.07) is 4.49. The molecular weight excluding hydrogens is 261 g/mol. The number of aliphatic carboxylic acids is 1. The number of nitrogens with zero attached hydrogens (tertiary/aromatic N) is 1. The Labute approximate surface area is 118 Å². The summed E-state index contributed by atoms with van der Waals surface area (Å²) >= 11 is 0. The largest absolute Gasteiger partial charge is 0.496 e. The Balaban J connectivity index is 2.02. The Morgan fingerprint density at radius 1 is 1.55 bits per heavy atom. The van der Waals surface area contributed by atoms with Crippen LogP contribution in [-0.4, -0.2) is 36.2 Å². The van der Waals surface area contributed by atoms with E-state index in [9.17, 15) is 9.18 Å². The number of halogens is 1. The van der Waals surface area contributed by atoms with Crippen molar-refractivity contribution in [2.75, 3.05) is 20.2 Å². The van der Waals surface area contributed by atoms with Crippen LogP contribution >= 0.6 is 0 Å². The van der Waals surface area contributed by atoms with Gasteiger partial charge in [-0.25, -0.2) is 4.39 Å².